The molecule has 2 rings (SSSR count). The standard InChI is InChI=1S/C16H25FN2/c1-2-3-13-7-10-19(11-8-13)16-5-4-15(17)12-14(16)6-9-18/h4-5,12-13H,2-3,6-11,18H2,1H3. The van der Waals surface area contributed by atoms with E-state index in [4.69, 9.17) is 5.73 Å². The third kappa shape index (κ3) is 3.69. The molecule has 1 aromatic rings. The van der Waals surface area contributed by atoms with Crippen LogP contribution in [0.25, 0.3) is 0 Å². The average Bonchev–Trinajstić information content (AvgIpc) is 2.41. The van der Waals surface area contributed by atoms with Crippen molar-refractivity contribution in [2.45, 2.75) is 39.0 Å². The van der Waals surface area contributed by atoms with Gasteiger partial charge in [0.15, 0.2) is 0 Å². The third-order valence-corrected chi connectivity index (χ3v) is 4.11. The predicted molar refractivity (Wildman–Crippen MR) is 79.0 cm³/mol. The third-order valence-electron chi connectivity index (χ3n) is 4.11. The van der Waals surface area contributed by atoms with Crippen molar-refractivity contribution >= 4 is 5.69 Å². The lowest BCUT2D eigenvalue weighted by molar-refractivity contribution is 0.378. The summed E-state index contributed by atoms with van der Waals surface area (Å²) in [5.74, 6) is 0.715. The molecule has 1 aliphatic rings. The summed E-state index contributed by atoms with van der Waals surface area (Å²) in [6.45, 7) is 5.01. The van der Waals surface area contributed by atoms with Crippen LogP contribution in [0.15, 0.2) is 18.2 Å². The minimum atomic E-state index is -0.159. The Labute approximate surface area is 115 Å². The topological polar surface area (TPSA) is 29.3 Å². The van der Waals surface area contributed by atoms with Gasteiger partial charge in [0.05, 0.1) is 0 Å². The van der Waals surface area contributed by atoms with Gasteiger partial charge in [-0.2, -0.15) is 0 Å². The van der Waals surface area contributed by atoms with Crippen molar-refractivity contribution < 1.29 is 4.39 Å². The largest absolute Gasteiger partial charge is 0.371 e. The molecule has 106 valence electrons. The Morgan fingerprint density at radius 3 is 2.68 bits per heavy atom. The zero-order chi connectivity index (χ0) is 13.7. The summed E-state index contributed by atoms with van der Waals surface area (Å²) in [6, 6.07) is 5.12. The van der Waals surface area contributed by atoms with Crippen LogP contribution in [0.4, 0.5) is 10.1 Å². The van der Waals surface area contributed by atoms with Crippen molar-refractivity contribution in [1.82, 2.24) is 0 Å². The van der Waals surface area contributed by atoms with Crippen LogP contribution < -0.4 is 10.6 Å². The zero-order valence-corrected chi connectivity index (χ0v) is 11.9. The van der Waals surface area contributed by atoms with Crippen molar-refractivity contribution in [3.8, 4) is 0 Å². The van der Waals surface area contributed by atoms with E-state index in [-0.39, 0.29) is 5.82 Å². The zero-order valence-electron chi connectivity index (χ0n) is 11.9. The number of nitrogens with zero attached hydrogens (tertiary/aromatic N) is 1. The molecule has 0 radical (unpaired) electrons. The van der Waals surface area contributed by atoms with Gasteiger partial charge in [0, 0.05) is 18.8 Å². The molecule has 2 nitrogen and oxygen atoms in total. The second kappa shape index (κ2) is 6.90. The number of nitrogens with two attached hydrogens (primary N) is 1. The van der Waals surface area contributed by atoms with E-state index in [1.165, 1.54) is 31.4 Å². The Bertz CT molecular complexity index is 398. The fourth-order valence-electron chi connectivity index (χ4n) is 3.09. The Morgan fingerprint density at radius 1 is 1.32 bits per heavy atom. The molecule has 0 amide bonds. The van der Waals surface area contributed by atoms with Crippen LogP contribution in [0, 0.1) is 11.7 Å². The summed E-state index contributed by atoms with van der Waals surface area (Å²) in [5, 5.41) is 0. The first kappa shape index (κ1) is 14.3. The highest BCUT2D eigenvalue weighted by molar-refractivity contribution is 5.54. The molecule has 0 unspecified atom stereocenters. The lowest BCUT2D eigenvalue weighted by Gasteiger charge is -2.34. The summed E-state index contributed by atoms with van der Waals surface area (Å²) in [5.41, 5.74) is 7.86. The van der Waals surface area contributed by atoms with Gasteiger partial charge in [-0.25, -0.2) is 4.39 Å². The molecule has 2 N–H and O–H groups in total. The molecule has 0 saturated carbocycles. The van der Waals surface area contributed by atoms with Crippen LogP contribution in [0.3, 0.4) is 0 Å². The van der Waals surface area contributed by atoms with Crippen molar-refractivity contribution in [1.29, 1.82) is 0 Å². The van der Waals surface area contributed by atoms with Gasteiger partial charge < -0.3 is 10.6 Å². The monoisotopic (exact) mass is 264 g/mol. The van der Waals surface area contributed by atoms with Crippen molar-refractivity contribution in [3.05, 3.63) is 29.6 Å². The van der Waals surface area contributed by atoms with Gasteiger partial charge in [0.25, 0.3) is 0 Å². The molecule has 19 heavy (non-hydrogen) atoms. The average molecular weight is 264 g/mol. The summed E-state index contributed by atoms with van der Waals surface area (Å²) >= 11 is 0. The minimum absolute atomic E-state index is 0.159. The Balaban J connectivity index is 2.06. The molecule has 0 spiro atoms. The molecule has 0 aliphatic carbocycles. The molecule has 1 heterocycles. The number of piperidine rings is 1. The SMILES string of the molecule is CCCC1CCN(c2ccc(F)cc2CCN)CC1. The second-order valence-corrected chi connectivity index (χ2v) is 5.53. The normalized spacial score (nSPS) is 16.9. The molecule has 1 aliphatic heterocycles. The molecule has 0 bridgehead atoms. The summed E-state index contributed by atoms with van der Waals surface area (Å²) in [6.07, 6.45) is 5.88. The lowest BCUT2D eigenvalue weighted by Crippen LogP contribution is -2.34. The smallest absolute Gasteiger partial charge is 0.123 e. The van der Waals surface area contributed by atoms with E-state index in [1.807, 2.05) is 6.07 Å². The quantitative estimate of drug-likeness (QED) is 0.883. The van der Waals surface area contributed by atoms with Gasteiger partial charge in [-0.1, -0.05) is 19.8 Å². The highest BCUT2D eigenvalue weighted by atomic mass is 19.1. The number of hydrogen-bond donors (Lipinski definition) is 1. The van der Waals surface area contributed by atoms with Gasteiger partial charge >= 0.3 is 0 Å². The van der Waals surface area contributed by atoms with Crippen LogP contribution in [0.2, 0.25) is 0 Å². The number of hydrogen-bond acceptors (Lipinski definition) is 2. The summed E-state index contributed by atoms with van der Waals surface area (Å²) in [4.78, 5) is 2.40. The van der Waals surface area contributed by atoms with Crippen molar-refractivity contribution in [2.75, 3.05) is 24.5 Å². The van der Waals surface area contributed by atoms with Crippen LogP contribution in [-0.2, 0) is 6.42 Å². The molecule has 1 fully saturated rings. The first-order valence-corrected chi connectivity index (χ1v) is 7.48. The Morgan fingerprint density at radius 2 is 2.05 bits per heavy atom. The summed E-state index contributed by atoms with van der Waals surface area (Å²) in [7, 11) is 0. The van der Waals surface area contributed by atoms with Gasteiger partial charge in [0.1, 0.15) is 5.82 Å². The minimum Gasteiger partial charge on any atom is -0.371 e. The molecule has 3 heteroatoms. The van der Waals surface area contributed by atoms with Crippen LogP contribution in [0.1, 0.15) is 38.2 Å². The lowest BCUT2D eigenvalue weighted by atomic mass is 9.92. The highest BCUT2D eigenvalue weighted by Crippen LogP contribution is 2.29. The maximum absolute atomic E-state index is 13.3. The number of rotatable bonds is 5. The van der Waals surface area contributed by atoms with E-state index in [2.05, 4.69) is 11.8 Å². The van der Waals surface area contributed by atoms with E-state index >= 15 is 0 Å². The maximum atomic E-state index is 13.3. The van der Waals surface area contributed by atoms with Gasteiger partial charge in [-0.05, 0) is 55.5 Å². The van der Waals surface area contributed by atoms with Crippen LogP contribution >= 0.6 is 0 Å². The Kier molecular flexibility index (Phi) is 5.20. The molecule has 0 atom stereocenters. The van der Waals surface area contributed by atoms with Crippen LogP contribution in [-0.4, -0.2) is 19.6 Å². The van der Waals surface area contributed by atoms with E-state index in [9.17, 15) is 4.39 Å². The molecule has 0 aromatic heterocycles. The molecular weight excluding hydrogens is 239 g/mol. The van der Waals surface area contributed by atoms with Crippen molar-refractivity contribution in [2.24, 2.45) is 11.7 Å². The van der Waals surface area contributed by atoms with Gasteiger partial charge in [-0.15, -0.1) is 0 Å². The van der Waals surface area contributed by atoms with Crippen LogP contribution in [0.5, 0.6) is 0 Å². The molecular formula is C16H25FN2. The summed E-state index contributed by atoms with van der Waals surface area (Å²) < 4.78 is 13.3. The van der Waals surface area contributed by atoms with Gasteiger partial charge in [-0.3, -0.25) is 0 Å². The van der Waals surface area contributed by atoms with E-state index in [0.717, 1.165) is 31.0 Å². The van der Waals surface area contributed by atoms with E-state index in [1.54, 1.807) is 12.1 Å². The first-order valence-electron chi connectivity index (χ1n) is 7.48. The van der Waals surface area contributed by atoms with E-state index < -0.39 is 0 Å². The fourth-order valence-corrected chi connectivity index (χ4v) is 3.09. The van der Waals surface area contributed by atoms with Gasteiger partial charge in [0.2, 0.25) is 0 Å². The maximum Gasteiger partial charge on any atom is 0.123 e. The molecule has 1 aromatic carbocycles. The first-order chi connectivity index (χ1) is 9.24. The fraction of sp³-hybridized carbons (Fsp3) is 0.625. The van der Waals surface area contributed by atoms with E-state index in [0.29, 0.717) is 6.54 Å². The second-order valence-electron chi connectivity index (χ2n) is 5.53. The predicted octanol–water partition coefficient (Wildman–Crippen LogP) is 3.34. The number of anilines is 1. The number of benzene rings is 1. The molecule has 1 saturated heterocycles. The van der Waals surface area contributed by atoms with Crippen molar-refractivity contribution in [3.63, 3.8) is 0 Å². The highest BCUT2D eigenvalue weighted by Gasteiger charge is 2.20. The Hall–Kier alpha value is -1.09. The number of halogens is 1.